The number of benzene rings is 2. The highest BCUT2D eigenvalue weighted by atomic mass is 19.1. The lowest BCUT2D eigenvalue weighted by molar-refractivity contribution is 0.387. The molecular weight excluding hydrogens is 241 g/mol. The van der Waals surface area contributed by atoms with Crippen LogP contribution in [-0.4, -0.2) is 13.7 Å². The van der Waals surface area contributed by atoms with Crippen LogP contribution < -0.4 is 10.1 Å². The smallest absolute Gasteiger partial charge is 0.165 e. The normalized spacial score (nSPS) is 9.37. The standard InChI is InChI=1S/C16H14FNO/c1-19-16-12-14(9-10-15(16)17)18-11-5-8-13-6-3-2-4-7-13/h2-4,6-7,9-10,12,18H,11H2,1H3. The summed E-state index contributed by atoms with van der Waals surface area (Å²) in [4.78, 5) is 0. The van der Waals surface area contributed by atoms with Crippen molar-refractivity contribution in [3.8, 4) is 17.6 Å². The molecule has 0 radical (unpaired) electrons. The van der Waals surface area contributed by atoms with Crippen molar-refractivity contribution in [1.29, 1.82) is 0 Å². The molecule has 96 valence electrons. The maximum Gasteiger partial charge on any atom is 0.165 e. The zero-order valence-electron chi connectivity index (χ0n) is 10.6. The van der Waals surface area contributed by atoms with Crippen molar-refractivity contribution < 1.29 is 9.13 Å². The third-order valence-corrected chi connectivity index (χ3v) is 2.54. The first-order chi connectivity index (χ1) is 9.29. The van der Waals surface area contributed by atoms with E-state index in [9.17, 15) is 4.39 Å². The quantitative estimate of drug-likeness (QED) is 0.850. The molecule has 19 heavy (non-hydrogen) atoms. The average molecular weight is 255 g/mol. The summed E-state index contributed by atoms with van der Waals surface area (Å²) in [5.41, 5.74) is 1.75. The van der Waals surface area contributed by atoms with Gasteiger partial charge in [-0.25, -0.2) is 4.39 Å². The molecule has 0 fully saturated rings. The molecule has 0 aliphatic rings. The van der Waals surface area contributed by atoms with Gasteiger partial charge in [0.05, 0.1) is 13.7 Å². The topological polar surface area (TPSA) is 21.3 Å². The van der Waals surface area contributed by atoms with Crippen LogP contribution in [0.2, 0.25) is 0 Å². The Balaban J connectivity index is 1.95. The van der Waals surface area contributed by atoms with Gasteiger partial charge in [-0.1, -0.05) is 30.0 Å². The maximum absolute atomic E-state index is 13.2. The Hall–Kier alpha value is -2.47. The van der Waals surface area contributed by atoms with Gasteiger partial charge < -0.3 is 10.1 Å². The van der Waals surface area contributed by atoms with E-state index in [1.54, 1.807) is 12.1 Å². The average Bonchev–Trinajstić information content (AvgIpc) is 2.46. The van der Waals surface area contributed by atoms with Crippen molar-refractivity contribution in [3.05, 3.63) is 59.9 Å². The molecule has 0 spiro atoms. The molecular formula is C16H14FNO. The van der Waals surface area contributed by atoms with Crippen LogP contribution in [0, 0.1) is 17.7 Å². The largest absolute Gasteiger partial charge is 0.494 e. The SMILES string of the molecule is COc1cc(NCC#Cc2ccccc2)ccc1F. The van der Waals surface area contributed by atoms with E-state index in [4.69, 9.17) is 4.74 Å². The summed E-state index contributed by atoms with van der Waals surface area (Å²) in [6, 6.07) is 14.4. The highest BCUT2D eigenvalue weighted by molar-refractivity contribution is 5.50. The fraction of sp³-hybridized carbons (Fsp3) is 0.125. The van der Waals surface area contributed by atoms with Gasteiger partial charge in [-0.3, -0.25) is 0 Å². The highest BCUT2D eigenvalue weighted by Gasteiger charge is 2.01. The minimum atomic E-state index is -0.372. The number of rotatable bonds is 3. The number of hydrogen-bond acceptors (Lipinski definition) is 2. The van der Waals surface area contributed by atoms with E-state index in [0.29, 0.717) is 6.54 Å². The molecule has 0 saturated heterocycles. The Kier molecular flexibility index (Phi) is 4.41. The van der Waals surface area contributed by atoms with E-state index in [1.165, 1.54) is 13.2 Å². The molecule has 2 aromatic rings. The van der Waals surface area contributed by atoms with E-state index < -0.39 is 0 Å². The molecule has 0 aliphatic carbocycles. The second kappa shape index (κ2) is 6.46. The Morgan fingerprint density at radius 2 is 1.95 bits per heavy atom. The van der Waals surface area contributed by atoms with Gasteiger partial charge in [-0.15, -0.1) is 0 Å². The zero-order chi connectivity index (χ0) is 13.5. The molecule has 0 aliphatic heterocycles. The second-order valence-corrected chi connectivity index (χ2v) is 3.87. The lowest BCUT2D eigenvalue weighted by Crippen LogP contribution is -1.99. The molecule has 0 unspecified atom stereocenters. The van der Waals surface area contributed by atoms with Gasteiger partial charge in [0, 0.05) is 17.3 Å². The summed E-state index contributed by atoms with van der Waals surface area (Å²) in [6.45, 7) is 0.490. The summed E-state index contributed by atoms with van der Waals surface area (Å²) in [5, 5.41) is 3.10. The summed E-state index contributed by atoms with van der Waals surface area (Å²) in [5.74, 6) is 5.89. The predicted octanol–water partition coefficient (Wildman–Crippen LogP) is 3.30. The van der Waals surface area contributed by atoms with Crippen LogP contribution in [0.1, 0.15) is 5.56 Å². The van der Waals surface area contributed by atoms with Crippen molar-refractivity contribution in [2.75, 3.05) is 19.0 Å². The molecule has 1 N–H and O–H groups in total. The molecule has 0 heterocycles. The third kappa shape index (κ3) is 3.75. The Morgan fingerprint density at radius 1 is 1.16 bits per heavy atom. The zero-order valence-corrected chi connectivity index (χ0v) is 10.6. The van der Waals surface area contributed by atoms with Crippen LogP contribution in [-0.2, 0) is 0 Å². The van der Waals surface area contributed by atoms with Crippen LogP contribution in [0.4, 0.5) is 10.1 Å². The first kappa shape index (κ1) is 13.0. The van der Waals surface area contributed by atoms with E-state index in [-0.39, 0.29) is 11.6 Å². The molecule has 2 aromatic carbocycles. The van der Waals surface area contributed by atoms with Gasteiger partial charge in [0.2, 0.25) is 0 Å². The minimum absolute atomic E-state index is 0.223. The van der Waals surface area contributed by atoms with Gasteiger partial charge in [0.15, 0.2) is 11.6 Å². The monoisotopic (exact) mass is 255 g/mol. The predicted molar refractivity (Wildman–Crippen MR) is 74.8 cm³/mol. The van der Waals surface area contributed by atoms with Gasteiger partial charge in [0.25, 0.3) is 0 Å². The maximum atomic E-state index is 13.2. The van der Waals surface area contributed by atoms with Crippen LogP contribution in [0.3, 0.4) is 0 Å². The van der Waals surface area contributed by atoms with Crippen molar-refractivity contribution in [2.24, 2.45) is 0 Å². The van der Waals surface area contributed by atoms with E-state index in [0.717, 1.165) is 11.3 Å². The van der Waals surface area contributed by atoms with Crippen LogP contribution >= 0.6 is 0 Å². The van der Waals surface area contributed by atoms with Crippen LogP contribution in [0.15, 0.2) is 48.5 Å². The second-order valence-electron chi connectivity index (χ2n) is 3.87. The molecule has 0 saturated carbocycles. The minimum Gasteiger partial charge on any atom is -0.494 e. The Labute approximate surface area is 112 Å². The van der Waals surface area contributed by atoms with Crippen molar-refractivity contribution >= 4 is 5.69 Å². The summed E-state index contributed by atoms with van der Waals surface area (Å²) < 4.78 is 18.1. The molecule has 0 aromatic heterocycles. The van der Waals surface area contributed by atoms with Crippen LogP contribution in [0.25, 0.3) is 0 Å². The van der Waals surface area contributed by atoms with E-state index in [2.05, 4.69) is 17.2 Å². The number of nitrogens with one attached hydrogen (secondary N) is 1. The van der Waals surface area contributed by atoms with Gasteiger partial charge in [0.1, 0.15) is 0 Å². The molecule has 2 rings (SSSR count). The highest BCUT2D eigenvalue weighted by Crippen LogP contribution is 2.20. The number of halogens is 1. The number of ether oxygens (including phenoxy) is 1. The fourth-order valence-electron chi connectivity index (χ4n) is 1.58. The fourth-order valence-corrected chi connectivity index (χ4v) is 1.58. The lowest BCUT2D eigenvalue weighted by Gasteiger charge is -2.05. The van der Waals surface area contributed by atoms with Crippen LogP contribution in [0.5, 0.6) is 5.75 Å². The van der Waals surface area contributed by atoms with Gasteiger partial charge in [-0.2, -0.15) is 0 Å². The Bertz CT molecular complexity index is 599. The number of methoxy groups -OCH3 is 1. The summed E-state index contributed by atoms with van der Waals surface area (Å²) >= 11 is 0. The summed E-state index contributed by atoms with van der Waals surface area (Å²) in [7, 11) is 1.44. The first-order valence-corrected chi connectivity index (χ1v) is 5.91. The third-order valence-electron chi connectivity index (χ3n) is 2.54. The number of hydrogen-bond donors (Lipinski definition) is 1. The van der Waals surface area contributed by atoms with Gasteiger partial charge >= 0.3 is 0 Å². The molecule has 2 nitrogen and oxygen atoms in total. The van der Waals surface area contributed by atoms with Gasteiger partial charge in [-0.05, 0) is 24.3 Å². The molecule has 0 atom stereocenters. The number of anilines is 1. The molecule has 0 amide bonds. The van der Waals surface area contributed by atoms with Crippen molar-refractivity contribution in [1.82, 2.24) is 0 Å². The first-order valence-electron chi connectivity index (χ1n) is 5.91. The lowest BCUT2D eigenvalue weighted by atomic mass is 10.2. The molecule has 3 heteroatoms. The van der Waals surface area contributed by atoms with Crippen molar-refractivity contribution in [3.63, 3.8) is 0 Å². The molecule has 0 bridgehead atoms. The summed E-state index contributed by atoms with van der Waals surface area (Å²) in [6.07, 6.45) is 0. The Morgan fingerprint density at radius 3 is 2.68 bits per heavy atom. The van der Waals surface area contributed by atoms with E-state index in [1.807, 2.05) is 30.3 Å². The van der Waals surface area contributed by atoms with Crippen molar-refractivity contribution in [2.45, 2.75) is 0 Å². The van der Waals surface area contributed by atoms with E-state index >= 15 is 0 Å².